The molecule has 0 aliphatic carbocycles. The van der Waals surface area contributed by atoms with E-state index in [0.29, 0.717) is 28.5 Å². The molecule has 1 aromatic carbocycles. The van der Waals surface area contributed by atoms with Crippen molar-refractivity contribution in [1.29, 1.82) is 0 Å². The maximum Gasteiger partial charge on any atom is 0.147 e. The Bertz CT molecular complexity index is 1010. The molecule has 0 radical (unpaired) electrons. The Morgan fingerprint density at radius 3 is 2.86 bits per heavy atom. The number of aromatic hydroxyl groups is 1. The molecule has 0 saturated carbocycles. The van der Waals surface area contributed by atoms with Crippen LogP contribution in [0.3, 0.4) is 0 Å². The average Bonchev–Trinajstić information content (AvgIpc) is 3.14. The molecule has 3 aromatic rings. The van der Waals surface area contributed by atoms with Crippen molar-refractivity contribution in [2.24, 2.45) is 0 Å². The first-order valence-corrected chi connectivity index (χ1v) is 9.63. The van der Waals surface area contributed by atoms with E-state index in [1.165, 1.54) is 0 Å². The third kappa shape index (κ3) is 2.77. The van der Waals surface area contributed by atoms with E-state index in [-0.39, 0.29) is 17.8 Å². The maximum atomic E-state index is 14.8. The Labute approximate surface area is 162 Å². The van der Waals surface area contributed by atoms with Crippen LogP contribution in [-0.2, 0) is 0 Å². The van der Waals surface area contributed by atoms with Crippen molar-refractivity contribution in [3.8, 4) is 17.0 Å². The molecule has 7 heteroatoms. The first-order chi connectivity index (χ1) is 13.6. The lowest BCUT2D eigenvalue weighted by Crippen LogP contribution is -2.55. The molecule has 0 amide bonds. The topological polar surface area (TPSA) is 74.2 Å². The SMILES string of the molecule is CN(c1cnc(-c2ccc3ccncc3c2O)cn1)[C@H]1C[C@@H]2CC[C@@H](N2)[C@H]1F. The Kier molecular flexibility index (Phi) is 4.12. The van der Waals surface area contributed by atoms with Gasteiger partial charge in [0.2, 0.25) is 0 Å². The number of pyridine rings is 1. The highest BCUT2D eigenvalue weighted by Crippen LogP contribution is 2.35. The minimum Gasteiger partial charge on any atom is -0.507 e. The van der Waals surface area contributed by atoms with Crippen molar-refractivity contribution < 1.29 is 9.50 Å². The van der Waals surface area contributed by atoms with Crippen LogP contribution in [0, 0.1) is 0 Å². The Hall–Kier alpha value is -2.80. The molecule has 2 aromatic heterocycles. The normalized spacial score (nSPS) is 26.5. The highest BCUT2D eigenvalue weighted by atomic mass is 19.1. The minimum absolute atomic E-state index is 0.0541. The number of anilines is 1. The number of hydrogen-bond donors (Lipinski definition) is 2. The number of nitrogens with zero attached hydrogens (tertiary/aromatic N) is 4. The zero-order chi connectivity index (χ0) is 19.3. The molecule has 4 atom stereocenters. The molecule has 4 heterocycles. The number of piperidine rings is 1. The van der Waals surface area contributed by atoms with Gasteiger partial charge in [0.15, 0.2) is 0 Å². The first-order valence-electron chi connectivity index (χ1n) is 9.63. The first kappa shape index (κ1) is 17.3. The standard InChI is InChI=1S/C21H22FN5O/c1-27(18-8-13-3-5-16(26-13)20(18)22)19-11-24-17(10-25-19)14-4-2-12-6-7-23-9-15(12)21(14)28/h2,4,6-7,9-11,13,16,18,20,26,28H,3,5,8H2,1H3/t13-,16+,18-,20+/m0/s1. The van der Waals surface area contributed by atoms with Gasteiger partial charge in [-0.2, -0.15) is 0 Å². The minimum atomic E-state index is -0.915. The van der Waals surface area contributed by atoms with Crippen LogP contribution in [0.5, 0.6) is 5.75 Å². The molecular weight excluding hydrogens is 357 g/mol. The van der Waals surface area contributed by atoms with Crippen LogP contribution in [-0.4, -0.2) is 51.4 Å². The van der Waals surface area contributed by atoms with Crippen LogP contribution >= 0.6 is 0 Å². The summed E-state index contributed by atoms with van der Waals surface area (Å²) in [5.41, 5.74) is 1.17. The summed E-state index contributed by atoms with van der Waals surface area (Å²) < 4.78 is 14.8. The number of fused-ring (bicyclic) bond motifs is 3. The van der Waals surface area contributed by atoms with Crippen molar-refractivity contribution in [1.82, 2.24) is 20.3 Å². The van der Waals surface area contributed by atoms with Gasteiger partial charge in [-0.1, -0.05) is 6.07 Å². The van der Waals surface area contributed by atoms with E-state index >= 15 is 0 Å². The highest BCUT2D eigenvalue weighted by molar-refractivity contribution is 5.93. The molecule has 2 bridgehead atoms. The van der Waals surface area contributed by atoms with Gasteiger partial charge in [0.25, 0.3) is 0 Å². The van der Waals surface area contributed by atoms with Gasteiger partial charge in [-0.3, -0.25) is 9.97 Å². The predicted molar refractivity (Wildman–Crippen MR) is 106 cm³/mol. The van der Waals surface area contributed by atoms with Gasteiger partial charge in [0, 0.05) is 42.5 Å². The molecule has 2 saturated heterocycles. The van der Waals surface area contributed by atoms with E-state index in [4.69, 9.17) is 0 Å². The Morgan fingerprint density at radius 2 is 2.04 bits per heavy atom. The monoisotopic (exact) mass is 379 g/mol. The molecule has 0 unspecified atom stereocenters. The fourth-order valence-electron chi connectivity index (χ4n) is 4.51. The summed E-state index contributed by atoms with van der Waals surface area (Å²) in [4.78, 5) is 15.0. The zero-order valence-corrected chi connectivity index (χ0v) is 15.6. The largest absolute Gasteiger partial charge is 0.507 e. The predicted octanol–water partition coefficient (Wildman–Crippen LogP) is 3.06. The second-order valence-corrected chi connectivity index (χ2v) is 7.72. The van der Waals surface area contributed by atoms with Gasteiger partial charge < -0.3 is 15.3 Å². The van der Waals surface area contributed by atoms with E-state index in [1.54, 1.807) is 24.8 Å². The highest BCUT2D eigenvalue weighted by Gasteiger charge is 2.43. The summed E-state index contributed by atoms with van der Waals surface area (Å²) >= 11 is 0. The fraction of sp³-hybridized carbons (Fsp3) is 0.381. The average molecular weight is 379 g/mol. The summed E-state index contributed by atoms with van der Waals surface area (Å²) in [5.74, 6) is 0.777. The van der Waals surface area contributed by atoms with Crippen LogP contribution in [0.1, 0.15) is 19.3 Å². The molecule has 28 heavy (non-hydrogen) atoms. The van der Waals surface area contributed by atoms with E-state index in [9.17, 15) is 9.50 Å². The Morgan fingerprint density at radius 1 is 1.14 bits per heavy atom. The van der Waals surface area contributed by atoms with Crippen molar-refractivity contribution in [3.05, 3.63) is 43.0 Å². The van der Waals surface area contributed by atoms with Crippen LogP contribution in [0.2, 0.25) is 0 Å². The number of phenols is 1. The third-order valence-electron chi connectivity index (χ3n) is 6.12. The lowest BCUT2D eigenvalue weighted by Gasteiger charge is -2.38. The van der Waals surface area contributed by atoms with Crippen LogP contribution in [0.25, 0.3) is 22.0 Å². The molecule has 2 N–H and O–H groups in total. The quantitative estimate of drug-likeness (QED) is 0.729. The molecule has 6 nitrogen and oxygen atoms in total. The lowest BCUT2D eigenvalue weighted by atomic mass is 9.96. The van der Waals surface area contributed by atoms with Crippen molar-refractivity contribution >= 4 is 16.6 Å². The smallest absolute Gasteiger partial charge is 0.147 e. The van der Waals surface area contributed by atoms with Crippen LogP contribution in [0.15, 0.2) is 43.0 Å². The zero-order valence-electron chi connectivity index (χ0n) is 15.6. The third-order valence-corrected chi connectivity index (χ3v) is 6.12. The molecule has 2 aliphatic heterocycles. The van der Waals surface area contributed by atoms with Crippen molar-refractivity contribution in [2.75, 3.05) is 11.9 Å². The van der Waals surface area contributed by atoms with Gasteiger partial charge in [0.05, 0.1) is 24.1 Å². The van der Waals surface area contributed by atoms with E-state index in [1.807, 2.05) is 30.1 Å². The number of halogens is 1. The number of rotatable bonds is 3. The number of phenolic OH excluding ortho intramolecular Hbond substituents is 1. The molecule has 5 rings (SSSR count). The van der Waals surface area contributed by atoms with E-state index in [2.05, 4.69) is 20.3 Å². The number of hydrogen-bond acceptors (Lipinski definition) is 6. The van der Waals surface area contributed by atoms with Gasteiger partial charge in [-0.25, -0.2) is 9.37 Å². The van der Waals surface area contributed by atoms with Crippen LogP contribution < -0.4 is 10.2 Å². The van der Waals surface area contributed by atoms with Crippen molar-refractivity contribution in [2.45, 2.75) is 43.6 Å². The van der Waals surface area contributed by atoms with E-state index < -0.39 is 6.17 Å². The summed E-state index contributed by atoms with van der Waals surface area (Å²) in [6, 6.07) is 5.74. The van der Waals surface area contributed by atoms with E-state index in [0.717, 1.165) is 24.6 Å². The number of aromatic nitrogens is 3. The van der Waals surface area contributed by atoms with Crippen LogP contribution in [0.4, 0.5) is 10.2 Å². The summed E-state index contributed by atoms with van der Waals surface area (Å²) in [6.07, 6.45) is 8.41. The lowest BCUT2D eigenvalue weighted by molar-refractivity contribution is 0.176. The van der Waals surface area contributed by atoms with Crippen molar-refractivity contribution in [3.63, 3.8) is 0 Å². The molecule has 2 fully saturated rings. The second kappa shape index (κ2) is 6.67. The number of nitrogens with one attached hydrogen (secondary N) is 1. The summed E-state index contributed by atoms with van der Waals surface area (Å²) in [6.45, 7) is 0. The number of alkyl halides is 1. The Balaban J connectivity index is 1.42. The van der Waals surface area contributed by atoms with Gasteiger partial charge in [-0.05, 0) is 36.8 Å². The van der Waals surface area contributed by atoms with Gasteiger partial charge >= 0.3 is 0 Å². The summed E-state index contributed by atoms with van der Waals surface area (Å²) in [5, 5.41) is 15.6. The summed E-state index contributed by atoms with van der Waals surface area (Å²) in [7, 11) is 1.88. The molecule has 2 aliphatic rings. The molecule has 144 valence electrons. The molecular formula is C21H22FN5O. The van der Waals surface area contributed by atoms with Gasteiger partial charge in [0.1, 0.15) is 17.7 Å². The maximum absolute atomic E-state index is 14.8. The molecule has 0 spiro atoms. The van der Waals surface area contributed by atoms with Gasteiger partial charge in [-0.15, -0.1) is 0 Å². The fourth-order valence-corrected chi connectivity index (χ4v) is 4.51. The number of benzene rings is 1. The second-order valence-electron chi connectivity index (χ2n) is 7.72.